The van der Waals surface area contributed by atoms with E-state index in [2.05, 4.69) is 4.98 Å². The second kappa shape index (κ2) is 5.88. The van der Waals surface area contributed by atoms with Crippen LogP contribution in [-0.4, -0.2) is 4.98 Å². The molecule has 0 amide bonds. The summed E-state index contributed by atoms with van der Waals surface area (Å²) in [6.07, 6.45) is -2.84. The molecule has 0 spiro atoms. The van der Waals surface area contributed by atoms with Gasteiger partial charge in [-0.3, -0.25) is 4.98 Å². The summed E-state index contributed by atoms with van der Waals surface area (Å²) in [6.45, 7) is 1.95. The lowest BCUT2D eigenvalue weighted by Crippen LogP contribution is -2.06. The van der Waals surface area contributed by atoms with Gasteiger partial charge in [-0.05, 0) is 41.8 Å². The Morgan fingerprint density at radius 3 is 2.17 bits per heavy atom. The molecule has 116 valence electrons. The van der Waals surface area contributed by atoms with Gasteiger partial charge in [0.05, 0.1) is 11.3 Å². The molecular weight excluding hydrogens is 299 g/mol. The minimum atomic E-state index is -4.39. The molecule has 1 aromatic heterocycles. The van der Waals surface area contributed by atoms with E-state index >= 15 is 0 Å². The Labute approximate surface area is 132 Å². The molecule has 3 aromatic rings. The average molecular weight is 313 g/mol. The van der Waals surface area contributed by atoms with Crippen LogP contribution in [0.1, 0.15) is 11.1 Å². The summed E-state index contributed by atoms with van der Waals surface area (Å²) in [5, 5.41) is 0. The summed E-state index contributed by atoms with van der Waals surface area (Å²) in [5.41, 5.74) is 2.64. The van der Waals surface area contributed by atoms with E-state index in [4.69, 9.17) is 0 Å². The lowest BCUT2D eigenvalue weighted by molar-refractivity contribution is -0.137. The van der Waals surface area contributed by atoms with E-state index in [1.54, 1.807) is 24.4 Å². The summed E-state index contributed by atoms with van der Waals surface area (Å²) in [4.78, 5) is 4.31. The predicted octanol–water partition coefficient (Wildman–Crippen LogP) is 5.74. The summed E-state index contributed by atoms with van der Waals surface area (Å²) < 4.78 is 39.6. The minimum absolute atomic E-state index is 0.164. The topological polar surface area (TPSA) is 12.9 Å². The number of aryl methyl sites for hydroxylation is 1. The van der Waals surface area contributed by atoms with Crippen LogP contribution in [0, 0.1) is 6.92 Å². The van der Waals surface area contributed by atoms with Crippen molar-refractivity contribution in [1.29, 1.82) is 0 Å². The zero-order chi connectivity index (χ0) is 16.4. The van der Waals surface area contributed by atoms with Crippen LogP contribution >= 0.6 is 0 Å². The number of alkyl halides is 3. The lowest BCUT2D eigenvalue weighted by Gasteiger charge is -2.13. The Balaban J connectivity index is 2.14. The first-order valence-electron chi connectivity index (χ1n) is 7.15. The van der Waals surface area contributed by atoms with Crippen molar-refractivity contribution in [3.8, 4) is 22.4 Å². The fourth-order valence-corrected chi connectivity index (χ4v) is 2.59. The van der Waals surface area contributed by atoms with Gasteiger partial charge in [-0.15, -0.1) is 0 Å². The van der Waals surface area contributed by atoms with Crippen molar-refractivity contribution < 1.29 is 13.2 Å². The number of benzene rings is 2. The maximum atomic E-state index is 13.2. The number of hydrogen-bond acceptors (Lipinski definition) is 1. The largest absolute Gasteiger partial charge is 0.417 e. The summed E-state index contributed by atoms with van der Waals surface area (Å²) >= 11 is 0. The Bertz CT molecular complexity index is 838. The van der Waals surface area contributed by atoms with Gasteiger partial charge in [0.2, 0.25) is 0 Å². The van der Waals surface area contributed by atoms with Gasteiger partial charge in [-0.1, -0.05) is 42.5 Å². The molecule has 0 aliphatic rings. The molecule has 0 saturated carbocycles. The number of aromatic nitrogens is 1. The zero-order valence-electron chi connectivity index (χ0n) is 12.4. The van der Waals surface area contributed by atoms with Crippen molar-refractivity contribution in [2.24, 2.45) is 0 Å². The number of rotatable bonds is 2. The highest BCUT2D eigenvalue weighted by Crippen LogP contribution is 2.37. The number of halogens is 3. The van der Waals surface area contributed by atoms with Crippen LogP contribution in [0.4, 0.5) is 13.2 Å². The van der Waals surface area contributed by atoms with Gasteiger partial charge in [0, 0.05) is 11.8 Å². The molecule has 0 aliphatic heterocycles. The molecule has 0 atom stereocenters. The average Bonchev–Trinajstić information content (AvgIpc) is 2.55. The third kappa shape index (κ3) is 3.11. The highest BCUT2D eigenvalue weighted by atomic mass is 19.4. The Kier molecular flexibility index (Phi) is 3.90. The van der Waals surface area contributed by atoms with Crippen LogP contribution < -0.4 is 0 Å². The van der Waals surface area contributed by atoms with Crippen LogP contribution in [0.2, 0.25) is 0 Å². The highest BCUT2D eigenvalue weighted by molar-refractivity contribution is 5.74. The predicted molar refractivity (Wildman–Crippen MR) is 84.8 cm³/mol. The molecule has 0 bridgehead atoms. The van der Waals surface area contributed by atoms with E-state index < -0.39 is 11.7 Å². The molecule has 0 fully saturated rings. The third-order valence-electron chi connectivity index (χ3n) is 3.72. The van der Waals surface area contributed by atoms with Crippen molar-refractivity contribution in [2.75, 3.05) is 0 Å². The molecule has 1 nitrogen and oxygen atoms in total. The summed E-state index contributed by atoms with van der Waals surface area (Å²) in [6, 6.07) is 16.6. The summed E-state index contributed by atoms with van der Waals surface area (Å²) in [5.74, 6) is 0. The smallest absolute Gasteiger partial charge is 0.256 e. The maximum absolute atomic E-state index is 13.2. The SMILES string of the molecule is Cc1ccccc1-c1cc(-c2ccccc2C(F)(F)F)ccn1. The van der Waals surface area contributed by atoms with E-state index in [9.17, 15) is 13.2 Å². The Morgan fingerprint density at radius 2 is 1.48 bits per heavy atom. The molecule has 23 heavy (non-hydrogen) atoms. The molecule has 2 aromatic carbocycles. The third-order valence-corrected chi connectivity index (χ3v) is 3.72. The number of pyridine rings is 1. The van der Waals surface area contributed by atoms with Crippen molar-refractivity contribution in [1.82, 2.24) is 4.98 Å². The van der Waals surface area contributed by atoms with Gasteiger partial charge in [0.25, 0.3) is 0 Å². The van der Waals surface area contributed by atoms with Crippen LogP contribution in [0.5, 0.6) is 0 Å². The quantitative estimate of drug-likeness (QED) is 0.587. The second-order valence-electron chi connectivity index (χ2n) is 5.29. The molecule has 0 unspecified atom stereocenters. The molecule has 0 N–H and O–H groups in total. The fraction of sp³-hybridized carbons (Fsp3) is 0.105. The van der Waals surface area contributed by atoms with Gasteiger partial charge < -0.3 is 0 Å². The van der Waals surface area contributed by atoms with E-state index in [-0.39, 0.29) is 5.56 Å². The zero-order valence-corrected chi connectivity index (χ0v) is 12.4. The molecule has 0 radical (unpaired) electrons. The first-order valence-corrected chi connectivity index (χ1v) is 7.15. The van der Waals surface area contributed by atoms with Crippen LogP contribution in [0.15, 0.2) is 66.9 Å². The molecular formula is C19H14F3N. The minimum Gasteiger partial charge on any atom is -0.256 e. The van der Waals surface area contributed by atoms with Gasteiger partial charge in [0.15, 0.2) is 0 Å². The van der Waals surface area contributed by atoms with Crippen molar-refractivity contribution in [3.63, 3.8) is 0 Å². The van der Waals surface area contributed by atoms with Crippen molar-refractivity contribution in [3.05, 3.63) is 78.0 Å². The monoisotopic (exact) mass is 313 g/mol. The summed E-state index contributed by atoms with van der Waals surface area (Å²) in [7, 11) is 0. The first kappa shape index (κ1) is 15.3. The van der Waals surface area contributed by atoms with E-state index in [1.807, 2.05) is 31.2 Å². The highest BCUT2D eigenvalue weighted by Gasteiger charge is 2.33. The normalized spacial score (nSPS) is 11.5. The number of hydrogen-bond donors (Lipinski definition) is 0. The molecule has 3 rings (SSSR count). The van der Waals surface area contributed by atoms with Crippen LogP contribution in [0.25, 0.3) is 22.4 Å². The fourth-order valence-electron chi connectivity index (χ4n) is 2.59. The first-order chi connectivity index (χ1) is 11.0. The van der Waals surface area contributed by atoms with Gasteiger partial charge in [0.1, 0.15) is 0 Å². The standard InChI is InChI=1S/C19H14F3N/c1-13-6-2-3-7-15(13)18-12-14(10-11-23-18)16-8-4-5-9-17(16)19(20,21)22/h2-12H,1H3. The van der Waals surface area contributed by atoms with E-state index in [0.29, 0.717) is 11.3 Å². The van der Waals surface area contributed by atoms with Crippen molar-refractivity contribution >= 4 is 0 Å². The van der Waals surface area contributed by atoms with Crippen LogP contribution in [-0.2, 0) is 6.18 Å². The van der Waals surface area contributed by atoms with E-state index in [0.717, 1.165) is 17.2 Å². The molecule has 1 heterocycles. The Morgan fingerprint density at radius 1 is 0.826 bits per heavy atom. The second-order valence-corrected chi connectivity index (χ2v) is 5.29. The van der Waals surface area contributed by atoms with Crippen molar-refractivity contribution in [2.45, 2.75) is 13.1 Å². The lowest BCUT2D eigenvalue weighted by atomic mass is 9.97. The number of nitrogens with zero attached hydrogens (tertiary/aromatic N) is 1. The molecule has 4 heteroatoms. The molecule has 0 saturated heterocycles. The Hall–Kier alpha value is -2.62. The van der Waals surface area contributed by atoms with Gasteiger partial charge in [-0.2, -0.15) is 13.2 Å². The van der Waals surface area contributed by atoms with Gasteiger partial charge in [-0.25, -0.2) is 0 Å². The molecule has 0 aliphatic carbocycles. The van der Waals surface area contributed by atoms with Gasteiger partial charge >= 0.3 is 6.18 Å². The maximum Gasteiger partial charge on any atom is 0.417 e. The van der Waals surface area contributed by atoms with E-state index in [1.165, 1.54) is 12.1 Å². The van der Waals surface area contributed by atoms with Crippen LogP contribution in [0.3, 0.4) is 0 Å².